The third-order valence-corrected chi connectivity index (χ3v) is 4.67. The van der Waals surface area contributed by atoms with E-state index in [0.717, 1.165) is 12.8 Å². The Morgan fingerprint density at radius 1 is 1.00 bits per heavy atom. The quantitative estimate of drug-likeness (QED) is 0.555. The van der Waals surface area contributed by atoms with Gasteiger partial charge in [0.25, 0.3) is 5.97 Å². The molecular weight excluding hydrogens is 284 g/mol. The van der Waals surface area contributed by atoms with Crippen LogP contribution in [0.5, 0.6) is 0 Å². The van der Waals surface area contributed by atoms with E-state index in [9.17, 15) is 0 Å². The summed E-state index contributed by atoms with van der Waals surface area (Å²) in [6, 6.07) is 18.0. The topological polar surface area (TPSA) is 37.3 Å². The summed E-state index contributed by atoms with van der Waals surface area (Å²) in [6.45, 7) is 3.45. The molecule has 0 heterocycles. The molecule has 0 fully saturated rings. The fraction of sp³-hybridized carbons (Fsp3) is 0.286. The molecule has 1 atom stereocenters. The molecule has 2 heteroatoms. The lowest BCUT2D eigenvalue weighted by molar-refractivity contribution is -0.134. The third kappa shape index (κ3) is 3.07. The van der Waals surface area contributed by atoms with Crippen molar-refractivity contribution in [3.8, 4) is 0 Å². The van der Waals surface area contributed by atoms with Gasteiger partial charge in [-0.15, -0.1) is 0 Å². The Kier molecular flexibility index (Phi) is 4.33. The van der Waals surface area contributed by atoms with Gasteiger partial charge in [-0.1, -0.05) is 55.5 Å². The smallest absolute Gasteiger partial charge is 0.300 e. The van der Waals surface area contributed by atoms with E-state index in [4.69, 9.17) is 9.90 Å². The van der Waals surface area contributed by atoms with Crippen LogP contribution in [0.15, 0.2) is 48.5 Å². The molecule has 0 bridgehead atoms. The number of aliphatic carboxylic acids is 1. The van der Waals surface area contributed by atoms with Crippen molar-refractivity contribution < 1.29 is 9.90 Å². The van der Waals surface area contributed by atoms with Crippen LogP contribution < -0.4 is 0 Å². The number of rotatable bonds is 0. The van der Waals surface area contributed by atoms with Crippen molar-refractivity contribution in [3.05, 3.63) is 59.7 Å². The molecule has 1 aliphatic carbocycles. The van der Waals surface area contributed by atoms with Crippen molar-refractivity contribution in [2.24, 2.45) is 0 Å². The highest BCUT2D eigenvalue weighted by atomic mass is 16.4. The maximum Gasteiger partial charge on any atom is 0.300 e. The molecule has 118 valence electrons. The predicted molar refractivity (Wildman–Crippen MR) is 96.1 cm³/mol. The van der Waals surface area contributed by atoms with Crippen molar-refractivity contribution in [2.45, 2.75) is 39.0 Å². The molecule has 0 spiro atoms. The number of hydrogen-bond acceptors (Lipinski definition) is 1. The van der Waals surface area contributed by atoms with Gasteiger partial charge in [0, 0.05) is 6.92 Å². The average Bonchev–Trinajstić information content (AvgIpc) is 2.54. The molecule has 1 aliphatic rings. The van der Waals surface area contributed by atoms with Gasteiger partial charge >= 0.3 is 0 Å². The van der Waals surface area contributed by atoms with Crippen LogP contribution in [0.2, 0.25) is 0 Å². The fourth-order valence-corrected chi connectivity index (χ4v) is 3.65. The molecule has 2 nitrogen and oxygen atoms in total. The number of benzene rings is 3. The number of fused-ring (bicyclic) bond motifs is 5. The predicted octanol–water partition coefficient (Wildman–Crippen LogP) is 5.52. The maximum absolute atomic E-state index is 9.00. The molecule has 3 aromatic rings. The largest absolute Gasteiger partial charge is 0.481 e. The van der Waals surface area contributed by atoms with Gasteiger partial charge in [-0.2, -0.15) is 0 Å². The Labute approximate surface area is 136 Å². The van der Waals surface area contributed by atoms with Crippen molar-refractivity contribution in [2.75, 3.05) is 0 Å². The summed E-state index contributed by atoms with van der Waals surface area (Å²) in [5, 5.41) is 13.0. The fourth-order valence-electron chi connectivity index (χ4n) is 3.65. The van der Waals surface area contributed by atoms with E-state index < -0.39 is 5.97 Å². The highest BCUT2D eigenvalue weighted by Crippen LogP contribution is 2.37. The van der Waals surface area contributed by atoms with E-state index in [2.05, 4.69) is 55.5 Å². The first-order valence-electron chi connectivity index (χ1n) is 8.20. The number of carboxylic acids is 1. The van der Waals surface area contributed by atoms with E-state index in [1.54, 1.807) is 11.1 Å². The molecule has 1 N–H and O–H groups in total. The molecule has 0 radical (unpaired) electrons. The molecule has 3 aromatic carbocycles. The lowest BCUT2D eigenvalue weighted by Gasteiger charge is -2.24. The molecule has 0 aromatic heterocycles. The molecular formula is C21H22O2. The van der Waals surface area contributed by atoms with Gasteiger partial charge in [0.05, 0.1) is 0 Å². The number of carbonyl (C=O) groups is 1. The molecule has 4 rings (SSSR count). The Morgan fingerprint density at radius 3 is 2.48 bits per heavy atom. The summed E-state index contributed by atoms with van der Waals surface area (Å²) in [4.78, 5) is 9.00. The second-order valence-corrected chi connectivity index (χ2v) is 6.33. The molecule has 0 aliphatic heterocycles. The second-order valence-electron chi connectivity index (χ2n) is 6.33. The SMILES string of the molecule is CC(=O)O.CC1CCCc2c1ccc1c2ccc2ccccc21. The van der Waals surface area contributed by atoms with Gasteiger partial charge in [0.2, 0.25) is 0 Å². The van der Waals surface area contributed by atoms with Crippen LogP contribution in [0.25, 0.3) is 21.5 Å². The van der Waals surface area contributed by atoms with Crippen molar-refractivity contribution in [1.82, 2.24) is 0 Å². The van der Waals surface area contributed by atoms with E-state index in [0.29, 0.717) is 0 Å². The van der Waals surface area contributed by atoms with Crippen molar-refractivity contribution >= 4 is 27.5 Å². The van der Waals surface area contributed by atoms with Crippen molar-refractivity contribution in [1.29, 1.82) is 0 Å². The first-order chi connectivity index (χ1) is 11.1. The van der Waals surface area contributed by atoms with Gasteiger partial charge in [-0.25, -0.2) is 0 Å². The summed E-state index contributed by atoms with van der Waals surface area (Å²) >= 11 is 0. The minimum atomic E-state index is -0.833. The normalized spacial score (nSPS) is 16.5. The second kappa shape index (κ2) is 6.41. The van der Waals surface area contributed by atoms with E-state index in [-0.39, 0.29) is 0 Å². The van der Waals surface area contributed by atoms with Crippen LogP contribution >= 0.6 is 0 Å². The molecule has 0 saturated carbocycles. The first-order valence-corrected chi connectivity index (χ1v) is 8.20. The van der Waals surface area contributed by atoms with Crippen LogP contribution in [0.1, 0.15) is 43.7 Å². The first kappa shape index (κ1) is 15.5. The Bertz CT molecular complexity index is 860. The summed E-state index contributed by atoms with van der Waals surface area (Å²) in [6.07, 6.45) is 3.92. The summed E-state index contributed by atoms with van der Waals surface area (Å²) in [7, 11) is 0. The van der Waals surface area contributed by atoms with E-state index in [1.165, 1.54) is 40.8 Å². The van der Waals surface area contributed by atoms with Crippen LogP contribution in [0, 0.1) is 0 Å². The monoisotopic (exact) mass is 306 g/mol. The zero-order valence-corrected chi connectivity index (χ0v) is 13.7. The molecule has 0 saturated heterocycles. The van der Waals surface area contributed by atoms with Crippen molar-refractivity contribution in [3.63, 3.8) is 0 Å². The van der Waals surface area contributed by atoms with Crippen LogP contribution in [-0.2, 0) is 11.2 Å². The Morgan fingerprint density at radius 2 is 1.70 bits per heavy atom. The van der Waals surface area contributed by atoms with Gasteiger partial charge in [0.15, 0.2) is 0 Å². The van der Waals surface area contributed by atoms with E-state index >= 15 is 0 Å². The summed E-state index contributed by atoms with van der Waals surface area (Å²) < 4.78 is 0. The highest BCUT2D eigenvalue weighted by Gasteiger charge is 2.18. The van der Waals surface area contributed by atoms with Crippen LogP contribution in [0.4, 0.5) is 0 Å². The van der Waals surface area contributed by atoms with Crippen LogP contribution in [-0.4, -0.2) is 11.1 Å². The molecule has 0 amide bonds. The minimum absolute atomic E-state index is 0.722. The van der Waals surface area contributed by atoms with Gasteiger partial charge in [-0.05, 0) is 57.9 Å². The minimum Gasteiger partial charge on any atom is -0.481 e. The summed E-state index contributed by atoms with van der Waals surface area (Å²) in [5.74, 6) is -0.111. The molecule has 1 unspecified atom stereocenters. The lowest BCUT2D eigenvalue weighted by atomic mass is 9.81. The molecule has 23 heavy (non-hydrogen) atoms. The zero-order valence-electron chi connectivity index (χ0n) is 13.7. The van der Waals surface area contributed by atoms with Gasteiger partial charge in [-0.3, -0.25) is 4.79 Å². The van der Waals surface area contributed by atoms with E-state index in [1.807, 2.05) is 0 Å². The highest BCUT2D eigenvalue weighted by molar-refractivity contribution is 6.08. The third-order valence-electron chi connectivity index (χ3n) is 4.67. The Hall–Kier alpha value is -2.35. The summed E-state index contributed by atoms with van der Waals surface area (Å²) in [5.41, 5.74) is 3.18. The average molecular weight is 306 g/mol. The number of carboxylic acid groups (broad SMARTS) is 1. The standard InChI is InChI=1S/C19H18.C2H4O2/c1-13-5-4-8-17-15(13)11-12-18-16-7-3-2-6-14(16)9-10-19(17)18;1-2(3)4/h2-3,6-7,9-13H,4-5,8H2,1H3;1H3,(H,3,4). The number of aryl methyl sites for hydroxylation is 1. The van der Waals surface area contributed by atoms with Gasteiger partial charge < -0.3 is 5.11 Å². The maximum atomic E-state index is 9.00. The van der Waals surface area contributed by atoms with Crippen LogP contribution in [0.3, 0.4) is 0 Å². The Balaban J connectivity index is 0.000000354. The van der Waals surface area contributed by atoms with Gasteiger partial charge in [0.1, 0.15) is 0 Å². The number of hydrogen-bond donors (Lipinski definition) is 1. The zero-order chi connectivity index (χ0) is 16.4. The lowest BCUT2D eigenvalue weighted by Crippen LogP contribution is -2.07.